The van der Waals surface area contributed by atoms with Crippen LogP contribution >= 0.6 is 0 Å². The zero-order valence-electron chi connectivity index (χ0n) is 15.4. The van der Waals surface area contributed by atoms with Crippen molar-refractivity contribution in [1.82, 2.24) is 29.4 Å². The third-order valence-corrected chi connectivity index (χ3v) is 4.93. The number of aromatic nitrogens is 5. The average molecular weight is 370 g/mol. The highest BCUT2D eigenvalue weighted by molar-refractivity contribution is 5.91. The molecule has 1 aliphatic heterocycles. The van der Waals surface area contributed by atoms with Crippen LogP contribution in [-0.4, -0.2) is 55.6 Å². The quantitative estimate of drug-likeness (QED) is 0.679. The van der Waals surface area contributed by atoms with Gasteiger partial charge in [-0.1, -0.05) is 0 Å². The lowest BCUT2D eigenvalue weighted by Crippen LogP contribution is -2.39. The average Bonchev–Trinajstić information content (AvgIpc) is 3.44. The molecule has 1 atom stereocenters. The van der Waals surface area contributed by atoms with Crippen molar-refractivity contribution in [1.29, 1.82) is 0 Å². The van der Waals surface area contributed by atoms with Crippen LogP contribution in [0.1, 0.15) is 41.0 Å². The molecule has 9 nitrogen and oxygen atoms in total. The van der Waals surface area contributed by atoms with Gasteiger partial charge in [-0.3, -0.25) is 9.48 Å². The molecule has 0 radical (unpaired) electrons. The van der Waals surface area contributed by atoms with Gasteiger partial charge in [-0.2, -0.15) is 5.10 Å². The second kappa shape index (κ2) is 7.26. The molecule has 0 spiro atoms. The van der Waals surface area contributed by atoms with E-state index in [0.29, 0.717) is 31.3 Å². The van der Waals surface area contributed by atoms with Gasteiger partial charge in [0, 0.05) is 44.5 Å². The van der Waals surface area contributed by atoms with E-state index in [4.69, 9.17) is 9.15 Å². The first-order valence-corrected chi connectivity index (χ1v) is 8.94. The van der Waals surface area contributed by atoms with Crippen molar-refractivity contribution in [3.63, 3.8) is 0 Å². The molecule has 1 aliphatic rings. The molecule has 0 bridgehead atoms. The Hall–Kier alpha value is -3.10. The Morgan fingerprint density at radius 1 is 1.37 bits per heavy atom. The Kier molecular flexibility index (Phi) is 4.66. The van der Waals surface area contributed by atoms with Crippen molar-refractivity contribution in [2.45, 2.75) is 25.3 Å². The highest BCUT2D eigenvalue weighted by Crippen LogP contribution is 2.27. The van der Waals surface area contributed by atoms with Crippen molar-refractivity contribution in [2.75, 3.05) is 20.2 Å². The smallest absolute Gasteiger partial charge is 0.289 e. The van der Waals surface area contributed by atoms with E-state index in [1.807, 2.05) is 33.5 Å². The topological polar surface area (TPSA) is 91.2 Å². The standard InChI is InChI=1S/C18H22N6O3/c1-22-15(12-24-10-4-8-19-24)20-21-17(22)13-5-3-9-23(11-13)18(25)14-6-7-16(26-2)27-14/h4,6-8,10,13H,3,5,9,11-12H2,1-2H3/t13-/m1/s1. The van der Waals surface area contributed by atoms with Crippen molar-refractivity contribution in [3.05, 3.63) is 48.0 Å². The number of hydrogen-bond donors (Lipinski definition) is 0. The molecule has 1 fully saturated rings. The van der Waals surface area contributed by atoms with Crippen LogP contribution in [0.25, 0.3) is 0 Å². The highest BCUT2D eigenvalue weighted by atomic mass is 16.6. The van der Waals surface area contributed by atoms with Crippen LogP contribution in [0.2, 0.25) is 0 Å². The molecule has 0 aromatic carbocycles. The fraction of sp³-hybridized carbons (Fsp3) is 0.444. The fourth-order valence-corrected chi connectivity index (χ4v) is 3.48. The van der Waals surface area contributed by atoms with Gasteiger partial charge >= 0.3 is 0 Å². The van der Waals surface area contributed by atoms with Crippen molar-refractivity contribution in [3.8, 4) is 5.95 Å². The van der Waals surface area contributed by atoms with Crippen LogP contribution in [0.15, 0.2) is 35.0 Å². The maximum absolute atomic E-state index is 12.7. The summed E-state index contributed by atoms with van der Waals surface area (Å²) in [6.07, 6.45) is 5.52. The van der Waals surface area contributed by atoms with E-state index < -0.39 is 0 Å². The largest absolute Gasteiger partial charge is 0.468 e. The van der Waals surface area contributed by atoms with E-state index in [1.54, 1.807) is 18.3 Å². The number of piperidine rings is 1. The molecule has 1 saturated heterocycles. The summed E-state index contributed by atoms with van der Waals surface area (Å²) >= 11 is 0. The number of likely N-dealkylation sites (tertiary alicyclic amines) is 1. The number of methoxy groups -OCH3 is 1. The van der Waals surface area contributed by atoms with Gasteiger partial charge < -0.3 is 18.6 Å². The first-order chi connectivity index (χ1) is 13.2. The van der Waals surface area contributed by atoms with Crippen LogP contribution in [0.3, 0.4) is 0 Å². The van der Waals surface area contributed by atoms with Crippen LogP contribution in [0.5, 0.6) is 5.95 Å². The van der Waals surface area contributed by atoms with E-state index >= 15 is 0 Å². The monoisotopic (exact) mass is 370 g/mol. The number of rotatable bonds is 5. The SMILES string of the molecule is COc1ccc(C(=O)N2CCC[C@@H](c3nnc(Cn4cccn4)n3C)C2)o1. The number of amides is 1. The number of carbonyl (C=O) groups is 1. The third kappa shape index (κ3) is 3.44. The molecule has 0 unspecified atom stereocenters. The minimum Gasteiger partial charge on any atom is -0.468 e. The summed E-state index contributed by atoms with van der Waals surface area (Å²) in [4.78, 5) is 14.5. The minimum absolute atomic E-state index is 0.123. The van der Waals surface area contributed by atoms with Gasteiger partial charge in [0.15, 0.2) is 11.6 Å². The highest BCUT2D eigenvalue weighted by Gasteiger charge is 2.30. The Labute approximate surface area is 156 Å². The summed E-state index contributed by atoms with van der Waals surface area (Å²) in [5, 5.41) is 12.9. The molecule has 4 rings (SSSR count). The summed E-state index contributed by atoms with van der Waals surface area (Å²) in [7, 11) is 3.48. The predicted octanol–water partition coefficient (Wildman–Crippen LogP) is 1.68. The lowest BCUT2D eigenvalue weighted by Gasteiger charge is -2.31. The molecule has 4 heterocycles. The number of ether oxygens (including phenoxy) is 1. The maximum Gasteiger partial charge on any atom is 0.289 e. The van der Waals surface area contributed by atoms with Crippen molar-refractivity contribution >= 4 is 5.91 Å². The number of hydrogen-bond acceptors (Lipinski definition) is 6. The summed E-state index contributed by atoms with van der Waals surface area (Å²) in [5.41, 5.74) is 0. The number of carbonyl (C=O) groups excluding carboxylic acids is 1. The predicted molar refractivity (Wildman–Crippen MR) is 95.5 cm³/mol. The van der Waals surface area contributed by atoms with E-state index in [-0.39, 0.29) is 11.8 Å². The lowest BCUT2D eigenvalue weighted by molar-refractivity contribution is 0.0665. The normalized spacial score (nSPS) is 17.3. The molecule has 142 valence electrons. The van der Waals surface area contributed by atoms with E-state index in [1.165, 1.54) is 7.11 Å². The van der Waals surface area contributed by atoms with Gasteiger partial charge in [-0.25, -0.2) is 0 Å². The molecule has 9 heteroatoms. The Morgan fingerprint density at radius 2 is 2.26 bits per heavy atom. The molecule has 0 aliphatic carbocycles. The molecule has 1 amide bonds. The first kappa shape index (κ1) is 17.3. The summed E-state index contributed by atoms with van der Waals surface area (Å²) in [6.45, 7) is 1.87. The minimum atomic E-state index is -0.123. The molecule has 3 aromatic heterocycles. The van der Waals surface area contributed by atoms with Gasteiger partial charge in [0.25, 0.3) is 11.9 Å². The third-order valence-electron chi connectivity index (χ3n) is 4.93. The van der Waals surface area contributed by atoms with Crippen LogP contribution in [0.4, 0.5) is 0 Å². The van der Waals surface area contributed by atoms with Crippen LogP contribution in [-0.2, 0) is 13.6 Å². The molecule has 0 saturated carbocycles. The Balaban J connectivity index is 1.48. The summed E-state index contributed by atoms with van der Waals surface area (Å²) in [5.74, 6) is 2.39. The number of furan rings is 1. The van der Waals surface area contributed by atoms with Crippen LogP contribution < -0.4 is 4.74 Å². The summed E-state index contributed by atoms with van der Waals surface area (Å²) < 4.78 is 14.3. The van der Waals surface area contributed by atoms with Crippen molar-refractivity contribution < 1.29 is 13.9 Å². The van der Waals surface area contributed by atoms with Gasteiger partial charge in [-0.15, -0.1) is 10.2 Å². The maximum atomic E-state index is 12.7. The second-order valence-corrected chi connectivity index (χ2v) is 6.65. The van der Waals surface area contributed by atoms with Gasteiger partial charge in [0.2, 0.25) is 0 Å². The van der Waals surface area contributed by atoms with E-state index in [9.17, 15) is 4.79 Å². The summed E-state index contributed by atoms with van der Waals surface area (Å²) in [6, 6.07) is 5.18. The van der Waals surface area contributed by atoms with Gasteiger partial charge in [-0.05, 0) is 25.0 Å². The van der Waals surface area contributed by atoms with Crippen LogP contribution in [0, 0.1) is 0 Å². The lowest BCUT2D eigenvalue weighted by atomic mass is 9.97. The fourth-order valence-electron chi connectivity index (χ4n) is 3.48. The molecule has 27 heavy (non-hydrogen) atoms. The zero-order valence-corrected chi connectivity index (χ0v) is 15.4. The first-order valence-electron chi connectivity index (χ1n) is 8.94. The van der Waals surface area contributed by atoms with Crippen molar-refractivity contribution in [2.24, 2.45) is 7.05 Å². The Bertz CT molecular complexity index is 914. The molecule has 0 N–H and O–H groups in total. The van der Waals surface area contributed by atoms with E-state index in [0.717, 1.165) is 24.5 Å². The second-order valence-electron chi connectivity index (χ2n) is 6.65. The Morgan fingerprint density at radius 3 is 3.00 bits per heavy atom. The molecular weight excluding hydrogens is 348 g/mol. The molecular formula is C18H22N6O3. The van der Waals surface area contributed by atoms with E-state index in [2.05, 4.69) is 15.3 Å². The number of nitrogens with zero attached hydrogens (tertiary/aromatic N) is 6. The van der Waals surface area contributed by atoms with Gasteiger partial charge in [0.1, 0.15) is 12.4 Å². The molecule has 3 aromatic rings. The zero-order chi connectivity index (χ0) is 18.8. The van der Waals surface area contributed by atoms with Gasteiger partial charge in [0.05, 0.1) is 7.11 Å².